The summed E-state index contributed by atoms with van der Waals surface area (Å²) < 4.78 is 0. The van der Waals surface area contributed by atoms with E-state index in [9.17, 15) is 9.90 Å². The van der Waals surface area contributed by atoms with Gasteiger partial charge in [-0.15, -0.1) is 11.3 Å². The van der Waals surface area contributed by atoms with Crippen molar-refractivity contribution >= 4 is 17.3 Å². The molecule has 2 aromatic rings. The van der Waals surface area contributed by atoms with Gasteiger partial charge in [-0.3, -0.25) is 4.90 Å². The molecule has 0 amide bonds. The lowest BCUT2D eigenvalue weighted by Gasteiger charge is -2.27. The van der Waals surface area contributed by atoms with Gasteiger partial charge < -0.3 is 5.11 Å². The molecule has 1 saturated carbocycles. The van der Waals surface area contributed by atoms with Crippen LogP contribution in [0, 0.1) is 0 Å². The van der Waals surface area contributed by atoms with E-state index in [4.69, 9.17) is 0 Å². The number of thiazole rings is 1. The predicted octanol–water partition coefficient (Wildman–Crippen LogP) is 3.28. The third-order valence-electron chi connectivity index (χ3n) is 4.42. The van der Waals surface area contributed by atoms with Gasteiger partial charge in [-0.2, -0.15) is 0 Å². The molecular formula is C17H18N2O2S. The summed E-state index contributed by atoms with van der Waals surface area (Å²) in [5.74, 6) is -0.437. The largest absolute Gasteiger partial charge is 0.477 e. The third kappa shape index (κ3) is 2.66. The van der Waals surface area contributed by atoms with E-state index in [-0.39, 0.29) is 0 Å². The van der Waals surface area contributed by atoms with Crippen LogP contribution in [0.4, 0.5) is 0 Å². The van der Waals surface area contributed by atoms with Crippen LogP contribution in [0.5, 0.6) is 0 Å². The number of aromatic nitrogens is 1. The van der Waals surface area contributed by atoms with Gasteiger partial charge in [0.1, 0.15) is 9.88 Å². The molecule has 1 aromatic heterocycles. The molecule has 0 spiro atoms. The van der Waals surface area contributed by atoms with Crippen molar-refractivity contribution < 1.29 is 9.90 Å². The lowest BCUT2D eigenvalue weighted by atomic mass is 10.0. The Morgan fingerprint density at radius 1 is 1.32 bits per heavy atom. The van der Waals surface area contributed by atoms with Gasteiger partial charge in [0, 0.05) is 19.0 Å². The number of fused-ring (bicyclic) bond motifs is 1. The van der Waals surface area contributed by atoms with Gasteiger partial charge in [0.05, 0.1) is 12.2 Å². The van der Waals surface area contributed by atoms with Crippen molar-refractivity contribution in [1.29, 1.82) is 0 Å². The first-order valence-corrected chi connectivity index (χ1v) is 8.54. The summed E-state index contributed by atoms with van der Waals surface area (Å²) in [7, 11) is 0. The van der Waals surface area contributed by atoms with E-state index < -0.39 is 5.97 Å². The van der Waals surface area contributed by atoms with E-state index in [0.717, 1.165) is 49.6 Å². The topological polar surface area (TPSA) is 53.4 Å². The molecule has 1 aliphatic carbocycles. The van der Waals surface area contributed by atoms with E-state index in [0.29, 0.717) is 10.8 Å². The Morgan fingerprint density at radius 3 is 2.82 bits per heavy atom. The Bertz CT molecular complexity index is 721. The second-order valence-electron chi connectivity index (χ2n) is 6.13. The summed E-state index contributed by atoms with van der Waals surface area (Å²) in [5, 5.41) is 10.3. The molecule has 5 heteroatoms. The number of nitrogens with zero attached hydrogens (tertiary/aromatic N) is 2. The highest BCUT2D eigenvalue weighted by molar-refractivity contribution is 7.13. The fourth-order valence-corrected chi connectivity index (χ4v) is 4.14. The van der Waals surface area contributed by atoms with Gasteiger partial charge in [-0.05, 0) is 30.4 Å². The van der Waals surface area contributed by atoms with Crippen LogP contribution in [-0.4, -0.2) is 27.5 Å². The minimum Gasteiger partial charge on any atom is -0.477 e. The average molecular weight is 314 g/mol. The highest BCUT2D eigenvalue weighted by Crippen LogP contribution is 2.42. The van der Waals surface area contributed by atoms with E-state index >= 15 is 0 Å². The van der Waals surface area contributed by atoms with Gasteiger partial charge in [-0.25, -0.2) is 9.78 Å². The van der Waals surface area contributed by atoms with Crippen molar-refractivity contribution in [2.24, 2.45) is 0 Å². The van der Waals surface area contributed by atoms with E-state index in [1.54, 1.807) is 0 Å². The van der Waals surface area contributed by atoms with Crippen molar-refractivity contribution in [3.05, 3.63) is 51.0 Å². The standard InChI is InChI=1S/C17H18N2O2S/c20-17(21)16-15(12-5-6-12)18-14(22-16)10-19-8-7-11-3-1-2-4-13(11)9-19/h1-4,12H,5-10H2,(H,20,21). The second kappa shape index (κ2) is 5.48. The molecule has 1 aromatic carbocycles. The Morgan fingerprint density at radius 2 is 2.09 bits per heavy atom. The highest BCUT2D eigenvalue weighted by atomic mass is 32.1. The lowest BCUT2D eigenvalue weighted by molar-refractivity contribution is 0.0700. The van der Waals surface area contributed by atoms with Gasteiger partial charge >= 0.3 is 5.97 Å². The number of benzene rings is 1. The van der Waals surface area contributed by atoms with E-state index in [1.165, 1.54) is 22.5 Å². The predicted molar refractivity (Wildman–Crippen MR) is 85.3 cm³/mol. The molecule has 0 bridgehead atoms. The SMILES string of the molecule is O=C(O)c1sc(CN2CCc3ccccc3C2)nc1C1CC1. The van der Waals surface area contributed by atoms with Crippen LogP contribution in [0.2, 0.25) is 0 Å². The maximum Gasteiger partial charge on any atom is 0.347 e. The van der Waals surface area contributed by atoms with E-state index in [2.05, 4.69) is 34.1 Å². The van der Waals surface area contributed by atoms with Crippen LogP contribution in [0.25, 0.3) is 0 Å². The Hall–Kier alpha value is -1.72. The first-order chi connectivity index (χ1) is 10.7. The molecule has 1 N–H and O–H groups in total. The van der Waals surface area contributed by atoms with Gasteiger partial charge in [-0.1, -0.05) is 24.3 Å². The molecule has 0 atom stereocenters. The fourth-order valence-electron chi connectivity index (χ4n) is 3.11. The lowest BCUT2D eigenvalue weighted by Crippen LogP contribution is -2.29. The zero-order valence-corrected chi connectivity index (χ0v) is 13.1. The van der Waals surface area contributed by atoms with Crippen molar-refractivity contribution in [3.63, 3.8) is 0 Å². The number of rotatable bonds is 4. The molecule has 0 unspecified atom stereocenters. The molecule has 1 aliphatic heterocycles. The molecular weight excluding hydrogens is 296 g/mol. The minimum atomic E-state index is -0.824. The van der Waals surface area contributed by atoms with Crippen LogP contribution >= 0.6 is 11.3 Å². The zero-order chi connectivity index (χ0) is 15.1. The van der Waals surface area contributed by atoms with Gasteiger partial charge in [0.15, 0.2) is 0 Å². The van der Waals surface area contributed by atoms with Crippen LogP contribution in [0.15, 0.2) is 24.3 Å². The average Bonchev–Trinajstić information content (AvgIpc) is 3.28. The first kappa shape index (κ1) is 13.9. The molecule has 114 valence electrons. The van der Waals surface area contributed by atoms with Gasteiger partial charge in [0.25, 0.3) is 0 Å². The molecule has 0 radical (unpaired) electrons. The van der Waals surface area contributed by atoms with Crippen LogP contribution in [0.3, 0.4) is 0 Å². The minimum absolute atomic E-state index is 0.387. The van der Waals surface area contributed by atoms with Crippen molar-refractivity contribution in [3.8, 4) is 0 Å². The van der Waals surface area contributed by atoms with Gasteiger partial charge in [0.2, 0.25) is 0 Å². The summed E-state index contributed by atoms with van der Waals surface area (Å²) in [6, 6.07) is 8.56. The molecule has 1 fully saturated rings. The normalized spacial score (nSPS) is 18.2. The Labute approximate surface area is 133 Å². The summed E-state index contributed by atoms with van der Waals surface area (Å²) in [4.78, 5) is 18.8. The molecule has 2 aliphatic rings. The smallest absolute Gasteiger partial charge is 0.347 e. The third-order valence-corrected chi connectivity index (χ3v) is 5.47. The Kier molecular flexibility index (Phi) is 3.47. The summed E-state index contributed by atoms with van der Waals surface area (Å²) >= 11 is 1.36. The monoisotopic (exact) mass is 314 g/mol. The maximum atomic E-state index is 11.4. The number of carbonyl (C=O) groups is 1. The number of carboxylic acids is 1. The molecule has 4 nitrogen and oxygen atoms in total. The molecule has 0 saturated heterocycles. The molecule has 4 rings (SSSR count). The van der Waals surface area contributed by atoms with Crippen molar-refractivity contribution in [2.75, 3.05) is 6.54 Å². The maximum absolute atomic E-state index is 11.4. The number of hydrogen-bond donors (Lipinski definition) is 1. The van der Waals surface area contributed by atoms with Crippen molar-refractivity contribution in [1.82, 2.24) is 9.88 Å². The fraction of sp³-hybridized carbons (Fsp3) is 0.412. The first-order valence-electron chi connectivity index (χ1n) is 7.73. The number of aromatic carboxylic acids is 1. The van der Waals surface area contributed by atoms with Crippen LogP contribution in [0.1, 0.15) is 50.3 Å². The quantitative estimate of drug-likeness (QED) is 0.941. The summed E-state index contributed by atoms with van der Waals surface area (Å²) in [5.41, 5.74) is 3.64. The Balaban J connectivity index is 1.52. The van der Waals surface area contributed by atoms with Crippen LogP contribution in [-0.2, 0) is 19.5 Å². The zero-order valence-electron chi connectivity index (χ0n) is 12.3. The highest BCUT2D eigenvalue weighted by Gasteiger charge is 2.32. The summed E-state index contributed by atoms with van der Waals surface area (Å²) in [6.45, 7) is 2.70. The number of hydrogen-bond acceptors (Lipinski definition) is 4. The second-order valence-corrected chi connectivity index (χ2v) is 7.21. The van der Waals surface area contributed by atoms with Crippen molar-refractivity contribution in [2.45, 2.75) is 38.3 Å². The van der Waals surface area contributed by atoms with E-state index in [1.807, 2.05) is 0 Å². The molecule has 2 heterocycles. The molecule has 22 heavy (non-hydrogen) atoms. The summed E-state index contributed by atoms with van der Waals surface area (Å²) in [6.07, 6.45) is 3.23. The van der Waals surface area contributed by atoms with Crippen LogP contribution < -0.4 is 0 Å². The number of carboxylic acid groups (broad SMARTS) is 1.